The van der Waals surface area contributed by atoms with E-state index in [9.17, 15) is 0 Å². The van der Waals surface area contributed by atoms with Crippen LogP contribution in [0.1, 0.15) is 0 Å². The van der Waals surface area contributed by atoms with Crippen molar-refractivity contribution >= 4 is 11.4 Å². The molecule has 0 amide bonds. The minimum absolute atomic E-state index is 0. The molecule has 0 radical (unpaired) electrons. The predicted octanol–water partition coefficient (Wildman–Crippen LogP) is -1.55. The first-order valence-electron chi connectivity index (χ1n) is 0.667. The quantitative estimate of drug-likeness (QED) is 0.253. The van der Waals surface area contributed by atoms with Crippen molar-refractivity contribution in [1.29, 1.82) is 0 Å². The second kappa shape index (κ2) is 4.99. The van der Waals surface area contributed by atoms with Gasteiger partial charge in [-0.05, 0) is 0 Å². The molecule has 0 aliphatic carbocycles. The van der Waals surface area contributed by atoms with Gasteiger partial charge in [0, 0.05) is 0 Å². The summed E-state index contributed by atoms with van der Waals surface area (Å²) in [5.41, 5.74) is 0. The van der Waals surface area contributed by atoms with E-state index in [1.54, 1.807) is 0 Å². The molecule has 1 unspecified atom stereocenters. The van der Waals surface area contributed by atoms with Crippen LogP contribution < -0.4 is 11.4 Å². The first kappa shape index (κ1) is 9.37. The highest BCUT2D eigenvalue weighted by Crippen LogP contribution is 1.57. The van der Waals surface area contributed by atoms with Gasteiger partial charge in [-0.3, -0.25) is 0 Å². The molecule has 0 aliphatic heterocycles. The summed E-state index contributed by atoms with van der Waals surface area (Å²) >= 11 is -2.88. The molecule has 40 valence electrons. The Balaban J connectivity index is 0. The fourth-order valence-electron chi connectivity index (χ4n) is 0. The Hall–Kier alpha value is -0.0100. The van der Waals surface area contributed by atoms with Gasteiger partial charge in [-0.15, -0.1) is 0 Å². The van der Waals surface area contributed by atoms with Crippen molar-refractivity contribution in [1.82, 2.24) is 6.15 Å². The maximum Gasteiger partial charge on any atom is 0.0748 e. The minimum atomic E-state index is -2.88. The van der Waals surface area contributed by atoms with Crippen LogP contribution in [0.3, 0.4) is 0 Å². The summed E-state index contributed by atoms with van der Waals surface area (Å²) in [4.78, 5) is 0. The van der Waals surface area contributed by atoms with Gasteiger partial charge in [0.25, 0.3) is 0 Å². The molecule has 5 nitrogen and oxygen atoms in total. The molecular weight excluding hydrogens is 110 g/mol. The molecule has 4 N–H and O–H groups in total. The van der Waals surface area contributed by atoms with Gasteiger partial charge in [-0.25, -0.2) is 4.21 Å². The zero-order valence-electron chi connectivity index (χ0n) is 3.04. The van der Waals surface area contributed by atoms with Crippen LogP contribution >= 0.6 is 0 Å². The number of hydrogen-bond acceptors (Lipinski definition) is 4. The number of quaternary nitrogens is 1. The van der Waals surface area contributed by atoms with Crippen molar-refractivity contribution < 1.29 is 18.4 Å². The molecule has 0 aromatic carbocycles. The third-order valence-electron chi connectivity index (χ3n) is 0.0556. The standard InChI is InChI=1S/H3N.H2O4S/c;1-4-5(2)3/h1H3;1H,(H,2,3)/p-1. The Morgan fingerprint density at radius 1 is 1.67 bits per heavy atom. The van der Waals surface area contributed by atoms with Crippen molar-refractivity contribution in [3.8, 4) is 0 Å². The lowest BCUT2D eigenvalue weighted by molar-refractivity contribution is -0.635. The van der Waals surface area contributed by atoms with E-state index in [0.29, 0.717) is 0 Å². The summed E-state index contributed by atoms with van der Waals surface area (Å²) in [6.07, 6.45) is 0. The van der Waals surface area contributed by atoms with Crippen molar-refractivity contribution in [3.63, 3.8) is 0 Å². The summed E-state index contributed by atoms with van der Waals surface area (Å²) in [6, 6.07) is 0. The van der Waals surface area contributed by atoms with E-state index >= 15 is 0 Å². The lowest BCUT2D eigenvalue weighted by Gasteiger charge is -2.05. The second-order valence-corrected chi connectivity index (χ2v) is 0.816. The molecule has 0 aromatic rings. The summed E-state index contributed by atoms with van der Waals surface area (Å²) in [6.45, 7) is 0. The Kier molecular flexibility index (Phi) is 7.79. The first-order valence-corrected chi connectivity index (χ1v) is 1.67. The number of rotatable bonds is 1. The van der Waals surface area contributed by atoms with Crippen molar-refractivity contribution in [3.05, 3.63) is 0 Å². The molecule has 0 aliphatic rings. The van der Waals surface area contributed by atoms with Crippen LogP contribution in [0, 0.1) is 0 Å². The van der Waals surface area contributed by atoms with Gasteiger partial charge in [0.15, 0.2) is 0 Å². The molecule has 0 spiro atoms. The summed E-state index contributed by atoms with van der Waals surface area (Å²) in [5.74, 6) is 0. The molecule has 0 heterocycles. The Labute approximate surface area is 36.9 Å². The zero-order chi connectivity index (χ0) is 4.28. The smallest absolute Gasteiger partial charge is 0.0748 e. The molecule has 0 aromatic heterocycles. The van der Waals surface area contributed by atoms with Crippen LogP contribution in [-0.2, 0) is 15.7 Å². The third kappa shape index (κ3) is 9.01. The van der Waals surface area contributed by atoms with E-state index in [-0.39, 0.29) is 6.15 Å². The number of hydrogen-bond donors (Lipinski definition) is 1. The molecule has 0 rings (SSSR count). The van der Waals surface area contributed by atoms with Gasteiger partial charge in [-0.1, -0.05) is 0 Å². The molecule has 0 bridgehead atoms. The predicted molar refractivity (Wildman–Crippen MR) is 16.0 cm³/mol. The van der Waals surface area contributed by atoms with Crippen LogP contribution in [-0.4, -0.2) is 8.76 Å². The van der Waals surface area contributed by atoms with E-state index in [2.05, 4.69) is 4.33 Å². The monoisotopic (exact) mass is 114 g/mol. The van der Waals surface area contributed by atoms with Crippen molar-refractivity contribution in [2.75, 3.05) is 0 Å². The van der Waals surface area contributed by atoms with Crippen LogP contribution in [0.2, 0.25) is 0 Å². The zero-order valence-corrected chi connectivity index (χ0v) is 3.86. The van der Waals surface area contributed by atoms with Gasteiger partial charge in [0.05, 0.1) is 11.4 Å². The van der Waals surface area contributed by atoms with Crippen LogP contribution in [0.25, 0.3) is 0 Å². The molecular formula is H4NO4S-. The summed E-state index contributed by atoms with van der Waals surface area (Å²) < 4.78 is 20.1. The second-order valence-electron chi connectivity index (χ2n) is 0.272. The van der Waals surface area contributed by atoms with Crippen molar-refractivity contribution in [2.45, 2.75) is 0 Å². The highest BCUT2D eigenvalue weighted by molar-refractivity contribution is 7.73. The SMILES string of the molecule is O=S([O-])O[O-].[NH4+]. The van der Waals surface area contributed by atoms with Gasteiger partial charge >= 0.3 is 0 Å². The fourth-order valence-corrected chi connectivity index (χ4v) is 0. The topological polar surface area (TPSA) is 109 Å². The van der Waals surface area contributed by atoms with E-state index in [1.165, 1.54) is 0 Å². The Morgan fingerprint density at radius 3 is 1.83 bits per heavy atom. The Bertz CT molecular complexity index is 42.8. The molecule has 0 saturated heterocycles. The van der Waals surface area contributed by atoms with Gasteiger partial charge in [0.2, 0.25) is 0 Å². The minimum Gasteiger partial charge on any atom is -0.750 e. The lowest BCUT2D eigenvalue weighted by Crippen LogP contribution is -2.06. The maximum atomic E-state index is 8.83. The molecule has 1 atom stereocenters. The average molecular weight is 114 g/mol. The van der Waals surface area contributed by atoms with E-state index in [1.807, 2.05) is 0 Å². The average Bonchev–Trinajstić information content (AvgIpc) is 1.38. The lowest BCUT2D eigenvalue weighted by atomic mass is 14.0. The first-order chi connectivity index (χ1) is 2.27. The summed E-state index contributed by atoms with van der Waals surface area (Å²) in [5, 5.41) is 8.52. The van der Waals surface area contributed by atoms with E-state index < -0.39 is 11.4 Å². The van der Waals surface area contributed by atoms with E-state index in [4.69, 9.17) is 14.0 Å². The summed E-state index contributed by atoms with van der Waals surface area (Å²) in [7, 11) is 0. The normalized spacial score (nSPS) is 12.3. The molecule has 6 heteroatoms. The maximum absolute atomic E-state index is 8.83. The van der Waals surface area contributed by atoms with Gasteiger partial charge in [-0.2, -0.15) is 0 Å². The van der Waals surface area contributed by atoms with E-state index in [0.717, 1.165) is 0 Å². The van der Waals surface area contributed by atoms with Crippen LogP contribution in [0.15, 0.2) is 0 Å². The highest BCUT2D eigenvalue weighted by atomic mass is 32.2. The Morgan fingerprint density at radius 2 is 1.83 bits per heavy atom. The fraction of sp³-hybridized carbons (Fsp3) is 0. The molecule has 6 heavy (non-hydrogen) atoms. The largest absolute Gasteiger partial charge is 0.750 e. The van der Waals surface area contributed by atoms with Gasteiger partial charge in [0.1, 0.15) is 0 Å². The van der Waals surface area contributed by atoms with Crippen LogP contribution in [0.4, 0.5) is 0 Å². The molecule has 0 fully saturated rings. The molecule has 0 saturated carbocycles. The van der Waals surface area contributed by atoms with Gasteiger partial charge < -0.3 is 20.3 Å². The third-order valence-corrected chi connectivity index (χ3v) is 0.167. The van der Waals surface area contributed by atoms with Crippen molar-refractivity contribution in [2.24, 2.45) is 0 Å². The van der Waals surface area contributed by atoms with Crippen LogP contribution in [0.5, 0.6) is 0 Å². The highest BCUT2D eigenvalue weighted by Gasteiger charge is 1.51.